The Morgan fingerprint density at radius 2 is 1.60 bits per heavy atom. The quantitative estimate of drug-likeness (QED) is 0.529. The van der Waals surface area contributed by atoms with Gasteiger partial charge in [-0.25, -0.2) is 4.98 Å². The first-order valence-electron chi connectivity index (χ1n) is 9.98. The predicted molar refractivity (Wildman–Crippen MR) is 113 cm³/mol. The van der Waals surface area contributed by atoms with Crippen molar-refractivity contribution in [2.24, 2.45) is 0 Å². The smallest absolute Gasteiger partial charge is 0.276 e. The number of rotatable bonds is 9. The fourth-order valence-electron chi connectivity index (χ4n) is 2.97. The summed E-state index contributed by atoms with van der Waals surface area (Å²) in [4.78, 5) is 28.9. The highest BCUT2D eigenvalue weighted by Crippen LogP contribution is 2.26. The Labute approximate surface area is 175 Å². The number of hydrazine groups is 1. The zero-order chi connectivity index (χ0) is 21.3. The molecule has 0 saturated carbocycles. The molecule has 0 atom stereocenters. The molecule has 1 heterocycles. The van der Waals surface area contributed by atoms with Crippen LogP contribution in [0.1, 0.15) is 26.1 Å². The van der Waals surface area contributed by atoms with Crippen LogP contribution in [0.2, 0.25) is 0 Å². The number of aryl methyl sites for hydroxylation is 1. The molecule has 0 fully saturated rings. The molecule has 0 aliphatic heterocycles. The number of imidazole rings is 1. The van der Waals surface area contributed by atoms with E-state index in [-0.39, 0.29) is 19.1 Å². The third-order valence-electron chi connectivity index (χ3n) is 4.36. The molecular formula is C22H26N4O4. The third kappa shape index (κ3) is 5.28. The molecule has 3 rings (SSSR count). The summed E-state index contributed by atoms with van der Waals surface area (Å²) in [5, 5.41) is 0. The topological polar surface area (TPSA) is 94.5 Å². The summed E-state index contributed by atoms with van der Waals surface area (Å²) in [6.45, 7) is 4.36. The SMILES string of the molecule is CCCOc1ccccc1OCC(=O)NNC(=O)Cn1c(CC)nc2ccccc21. The van der Waals surface area contributed by atoms with Gasteiger partial charge in [-0.1, -0.05) is 38.1 Å². The normalized spacial score (nSPS) is 10.6. The monoisotopic (exact) mass is 410 g/mol. The van der Waals surface area contributed by atoms with E-state index in [1.54, 1.807) is 18.2 Å². The van der Waals surface area contributed by atoms with E-state index in [0.717, 1.165) is 23.3 Å². The first-order chi connectivity index (χ1) is 14.6. The average molecular weight is 410 g/mol. The lowest BCUT2D eigenvalue weighted by Gasteiger charge is -2.13. The number of ether oxygens (including phenoxy) is 2. The van der Waals surface area contributed by atoms with Crippen LogP contribution in [-0.2, 0) is 22.6 Å². The van der Waals surface area contributed by atoms with Gasteiger partial charge >= 0.3 is 0 Å². The maximum Gasteiger partial charge on any atom is 0.276 e. The number of nitrogens with zero attached hydrogens (tertiary/aromatic N) is 2. The van der Waals surface area contributed by atoms with E-state index in [0.29, 0.717) is 24.5 Å². The van der Waals surface area contributed by atoms with Gasteiger partial charge in [-0.05, 0) is 30.7 Å². The Kier molecular flexibility index (Phi) is 7.26. The Balaban J connectivity index is 1.52. The number of hydrogen-bond donors (Lipinski definition) is 2. The maximum absolute atomic E-state index is 12.3. The molecule has 0 radical (unpaired) electrons. The van der Waals surface area contributed by atoms with Crippen LogP contribution in [-0.4, -0.2) is 34.6 Å². The van der Waals surface area contributed by atoms with Gasteiger partial charge in [-0.15, -0.1) is 0 Å². The molecule has 8 nitrogen and oxygen atoms in total. The van der Waals surface area contributed by atoms with E-state index in [4.69, 9.17) is 9.47 Å². The average Bonchev–Trinajstić information content (AvgIpc) is 3.12. The molecule has 0 bridgehead atoms. The lowest BCUT2D eigenvalue weighted by Crippen LogP contribution is -2.45. The zero-order valence-corrected chi connectivity index (χ0v) is 17.2. The summed E-state index contributed by atoms with van der Waals surface area (Å²) in [6, 6.07) is 14.8. The van der Waals surface area contributed by atoms with Gasteiger partial charge < -0.3 is 14.0 Å². The van der Waals surface area contributed by atoms with Crippen LogP contribution in [0.3, 0.4) is 0 Å². The standard InChI is InChI=1S/C22H26N4O4/c1-3-13-29-18-11-7-8-12-19(18)30-15-22(28)25-24-21(27)14-26-17-10-6-5-9-16(17)23-20(26)4-2/h5-12H,3-4,13-15H2,1-2H3,(H,24,27)(H,25,28). The minimum Gasteiger partial charge on any atom is -0.490 e. The van der Waals surface area contributed by atoms with Crippen LogP contribution in [0.15, 0.2) is 48.5 Å². The molecule has 0 aliphatic rings. The summed E-state index contributed by atoms with van der Waals surface area (Å²) in [7, 11) is 0. The van der Waals surface area contributed by atoms with Crippen molar-refractivity contribution < 1.29 is 19.1 Å². The van der Waals surface area contributed by atoms with Gasteiger partial charge in [0, 0.05) is 6.42 Å². The molecule has 0 aliphatic carbocycles. The van der Waals surface area contributed by atoms with E-state index in [1.165, 1.54) is 0 Å². The number of hydrogen-bond acceptors (Lipinski definition) is 5. The second kappa shape index (κ2) is 10.3. The third-order valence-corrected chi connectivity index (χ3v) is 4.36. The molecule has 158 valence electrons. The van der Waals surface area contributed by atoms with E-state index in [1.807, 2.05) is 48.7 Å². The fourth-order valence-corrected chi connectivity index (χ4v) is 2.97. The van der Waals surface area contributed by atoms with E-state index >= 15 is 0 Å². The molecule has 3 aromatic rings. The van der Waals surface area contributed by atoms with Gasteiger partial charge in [0.25, 0.3) is 11.8 Å². The first-order valence-corrected chi connectivity index (χ1v) is 9.98. The maximum atomic E-state index is 12.3. The Morgan fingerprint density at radius 3 is 2.33 bits per heavy atom. The lowest BCUT2D eigenvalue weighted by atomic mass is 10.3. The van der Waals surface area contributed by atoms with Crippen LogP contribution in [0.4, 0.5) is 0 Å². The molecule has 2 amide bonds. The van der Waals surface area contributed by atoms with Crippen LogP contribution >= 0.6 is 0 Å². The fraction of sp³-hybridized carbons (Fsp3) is 0.318. The van der Waals surface area contributed by atoms with Crippen LogP contribution < -0.4 is 20.3 Å². The largest absolute Gasteiger partial charge is 0.490 e. The highest BCUT2D eigenvalue weighted by molar-refractivity contribution is 5.84. The van der Waals surface area contributed by atoms with Crippen molar-refractivity contribution in [1.82, 2.24) is 20.4 Å². The number of carbonyl (C=O) groups excluding carboxylic acids is 2. The second-order valence-electron chi connectivity index (χ2n) is 6.64. The lowest BCUT2D eigenvalue weighted by molar-refractivity contribution is -0.130. The van der Waals surface area contributed by atoms with Crippen molar-refractivity contribution in [3.05, 3.63) is 54.4 Å². The van der Waals surface area contributed by atoms with Crippen molar-refractivity contribution in [3.8, 4) is 11.5 Å². The van der Waals surface area contributed by atoms with Crippen molar-refractivity contribution in [3.63, 3.8) is 0 Å². The Morgan fingerprint density at radius 1 is 0.933 bits per heavy atom. The van der Waals surface area contributed by atoms with E-state index < -0.39 is 5.91 Å². The van der Waals surface area contributed by atoms with Gasteiger partial charge in [0.2, 0.25) is 0 Å². The number of amides is 2. The van der Waals surface area contributed by atoms with Crippen LogP contribution in [0.25, 0.3) is 11.0 Å². The minimum atomic E-state index is -0.472. The summed E-state index contributed by atoms with van der Waals surface area (Å²) in [5.41, 5.74) is 6.51. The zero-order valence-electron chi connectivity index (χ0n) is 17.2. The number of carbonyl (C=O) groups is 2. The van der Waals surface area contributed by atoms with Crippen LogP contribution in [0.5, 0.6) is 11.5 Å². The van der Waals surface area contributed by atoms with Gasteiger partial charge in [0.05, 0.1) is 17.6 Å². The van der Waals surface area contributed by atoms with Gasteiger partial charge in [-0.2, -0.15) is 0 Å². The highest BCUT2D eigenvalue weighted by atomic mass is 16.5. The number of fused-ring (bicyclic) bond motifs is 1. The van der Waals surface area contributed by atoms with E-state index in [2.05, 4.69) is 15.8 Å². The Hall–Kier alpha value is -3.55. The van der Waals surface area contributed by atoms with Crippen molar-refractivity contribution >= 4 is 22.8 Å². The first kappa shape index (κ1) is 21.2. The molecule has 2 aromatic carbocycles. The van der Waals surface area contributed by atoms with Gasteiger partial charge in [0.15, 0.2) is 18.1 Å². The number of benzene rings is 2. The molecular weight excluding hydrogens is 384 g/mol. The van der Waals surface area contributed by atoms with Crippen molar-refractivity contribution in [1.29, 1.82) is 0 Å². The molecule has 1 aromatic heterocycles. The summed E-state index contributed by atoms with van der Waals surface area (Å²) >= 11 is 0. The molecule has 2 N–H and O–H groups in total. The van der Waals surface area contributed by atoms with E-state index in [9.17, 15) is 9.59 Å². The molecule has 8 heteroatoms. The highest BCUT2D eigenvalue weighted by Gasteiger charge is 2.13. The molecule has 0 spiro atoms. The summed E-state index contributed by atoms with van der Waals surface area (Å²) in [5.74, 6) is 1.04. The predicted octanol–water partition coefficient (Wildman–Crippen LogP) is 2.61. The number of nitrogens with one attached hydrogen (secondary N) is 2. The van der Waals surface area contributed by atoms with Gasteiger partial charge in [0.1, 0.15) is 12.4 Å². The number of para-hydroxylation sites is 4. The summed E-state index contributed by atoms with van der Waals surface area (Å²) in [6.07, 6.45) is 1.56. The molecule has 30 heavy (non-hydrogen) atoms. The molecule has 0 unspecified atom stereocenters. The van der Waals surface area contributed by atoms with Crippen LogP contribution in [0, 0.1) is 0 Å². The minimum absolute atomic E-state index is 0.0541. The molecule has 0 saturated heterocycles. The second-order valence-corrected chi connectivity index (χ2v) is 6.64. The Bertz CT molecular complexity index is 1020. The summed E-state index contributed by atoms with van der Waals surface area (Å²) < 4.78 is 13.0. The number of aromatic nitrogens is 2. The van der Waals surface area contributed by atoms with Gasteiger partial charge in [-0.3, -0.25) is 20.4 Å². The van der Waals surface area contributed by atoms with Crippen molar-refractivity contribution in [2.75, 3.05) is 13.2 Å². The van der Waals surface area contributed by atoms with Crippen molar-refractivity contribution in [2.45, 2.75) is 33.2 Å².